The second-order valence-corrected chi connectivity index (χ2v) is 7.70. The zero-order valence-corrected chi connectivity index (χ0v) is 16.4. The Morgan fingerprint density at radius 3 is 2.43 bits per heavy atom. The fourth-order valence-corrected chi connectivity index (χ4v) is 3.81. The molecule has 0 aromatic heterocycles. The molecule has 0 unspecified atom stereocenters. The number of amides is 2. The van der Waals surface area contributed by atoms with Gasteiger partial charge >= 0.3 is 0 Å². The predicted molar refractivity (Wildman–Crippen MR) is 109 cm³/mol. The molecule has 1 saturated carbocycles. The molecule has 1 fully saturated rings. The van der Waals surface area contributed by atoms with Gasteiger partial charge in [-0.05, 0) is 31.2 Å². The van der Waals surface area contributed by atoms with Crippen molar-refractivity contribution in [3.05, 3.63) is 48.6 Å². The van der Waals surface area contributed by atoms with Crippen LogP contribution < -0.4 is 10.6 Å². The molecule has 4 N–H and O–H groups in total. The highest BCUT2D eigenvalue weighted by molar-refractivity contribution is 5.86. The summed E-state index contributed by atoms with van der Waals surface area (Å²) in [5, 5.41) is 25.1. The average Bonchev–Trinajstić information content (AvgIpc) is 3.16. The van der Waals surface area contributed by atoms with E-state index in [9.17, 15) is 19.8 Å². The number of aliphatic hydroxyl groups excluding tert-OH is 2. The van der Waals surface area contributed by atoms with E-state index < -0.39 is 17.5 Å². The van der Waals surface area contributed by atoms with E-state index in [2.05, 4.69) is 17.2 Å². The van der Waals surface area contributed by atoms with E-state index in [1.807, 2.05) is 30.3 Å². The second kappa shape index (κ2) is 11.0. The molecule has 6 heteroatoms. The Labute approximate surface area is 167 Å². The molecule has 0 saturated heterocycles. The van der Waals surface area contributed by atoms with Gasteiger partial charge in [0.25, 0.3) is 0 Å². The Hall–Kier alpha value is -2.18. The van der Waals surface area contributed by atoms with Crippen LogP contribution >= 0.6 is 0 Å². The van der Waals surface area contributed by atoms with Gasteiger partial charge in [0, 0.05) is 6.42 Å². The topological polar surface area (TPSA) is 98.7 Å². The minimum atomic E-state index is -0.556. The zero-order chi connectivity index (χ0) is 20.4. The predicted octanol–water partition coefficient (Wildman–Crippen LogP) is 1.71. The van der Waals surface area contributed by atoms with Gasteiger partial charge in [-0.2, -0.15) is 0 Å². The maximum atomic E-state index is 12.7. The van der Waals surface area contributed by atoms with E-state index in [0.29, 0.717) is 12.8 Å². The lowest BCUT2D eigenvalue weighted by atomic mass is 9.95. The summed E-state index contributed by atoms with van der Waals surface area (Å²) in [4.78, 5) is 25.2. The lowest BCUT2D eigenvalue weighted by molar-refractivity contribution is -0.132. The number of allylic oxidation sites excluding steroid dienone is 1. The first-order valence-corrected chi connectivity index (χ1v) is 10.00. The van der Waals surface area contributed by atoms with Crippen LogP contribution in [0.15, 0.2) is 43.0 Å². The fourth-order valence-electron chi connectivity index (χ4n) is 3.81. The maximum Gasteiger partial charge on any atom is 0.224 e. The SMILES string of the molecule is C=CC[C@H](CC(=O)NC1(CO)CCCC1)C(=O)N[C@H](CO)Cc1ccccc1. The smallest absolute Gasteiger partial charge is 0.224 e. The monoisotopic (exact) mass is 388 g/mol. The molecule has 0 radical (unpaired) electrons. The van der Waals surface area contributed by atoms with Gasteiger partial charge in [-0.3, -0.25) is 9.59 Å². The first-order chi connectivity index (χ1) is 13.5. The van der Waals surface area contributed by atoms with Crippen molar-refractivity contribution in [2.75, 3.05) is 13.2 Å². The third-order valence-corrected chi connectivity index (χ3v) is 5.41. The van der Waals surface area contributed by atoms with Gasteiger partial charge in [0.2, 0.25) is 11.8 Å². The molecule has 154 valence electrons. The molecule has 0 bridgehead atoms. The molecule has 28 heavy (non-hydrogen) atoms. The number of benzene rings is 1. The van der Waals surface area contributed by atoms with E-state index in [0.717, 1.165) is 31.2 Å². The van der Waals surface area contributed by atoms with Crippen LogP contribution in [0.4, 0.5) is 0 Å². The molecule has 1 aliphatic rings. The summed E-state index contributed by atoms with van der Waals surface area (Å²) in [6.07, 6.45) is 6.03. The van der Waals surface area contributed by atoms with Gasteiger partial charge < -0.3 is 20.8 Å². The number of rotatable bonds is 11. The molecule has 2 atom stereocenters. The lowest BCUT2D eigenvalue weighted by Crippen LogP contribution is -2.50. The average molecular weight is 389 g/mol. The van der Waals surface area contributed by atoms with Gasteiger partial charge in [-0.25, -0.2) is 0 Å². The first kappa shape index (κ1) is 22.1. The minimum absolute atomic E-state index is 0.0308. The molecular weight excluding hydrogens is 356 g/mol. The first-order valence-electron chi connectivity index (χ1n) is 10.00. The molecule has 0 aliphatic heterocycles. The largest absolute Gasteiger partial charge is 0.394 e. The number of aliphatic hydroxyl groups is 2. The number of hydrogen-bond donors (Lipinski definition) is 4. The second-order valence-electron chi connectivity index (χ2n) is 7.70. The van der Waals surface area contributed by atoms with Crippen LogP contribution in [0.3, 0.4) is 0 Å². The molecule has 6 nitrogen and oxygen atoms in total. The highest BCUT2D eigenvalue weighted by Crippen LogP contribution is 2.29. The van der Waals surface area contributed by atoms with E-state index in [1.54, 1.807) is 6.08 Å². The van der Waals surface area contributed by atoms with Crippen molar-refractivity contribution >= 4 is 11.8 Å². The molecular formula is C22H32N2O4. The third-order valence-electron chi connectivity index (χ3n) is 5.41. The lowest BCUT2D eigenvalue weighted by Gasteiger charge is -2.29. The molecule has 0 spiro atoms. The van der Waals surface area contributed by atoms with Crippen LogP contribution in [0.2, 0.25) is 0 Å². The molecule has 0 heterocycles. The summed E-state index contributed by atoms with van der Waals surface area (Å²) in [7, 11) is 0. The van der Waals surface area contributed by atoms with Crippen molar-refractivity contribution in [1.82, 2.24) is 10.6 Å². The molecule has 2 amide bonds. The Morgan fingerprint density at radius 1 is 1.18 bits per heavy atom. The van der Waals surface area contributed by atoms with Crippen molar-refractivity contribution in [1.29, 1.82) is 0 Å². The number of hydrogen-bond acceptors (Lipinski definition) is 4. The Balaban J connectivity index is 1.94. The van der Waals surface area contributed by atoms with Crippen molar-refractivity contribution in [3.8, 4) is 0 Å². The van der Waals surface area contributed by atoms with E-state index in [4.69, 9.17) is 0 Å². The highest BCUT2D eigenvalue weighted by atomic mass is 16.3. The minimum Gasteiger partial charge on any atom is -0.394 e. The van der Waals surface area contributed by atoms with Gasteiger partial charge in [0.1, 0.15) is 0 Å². The van der Waals surface area contributed by atoms with Gasteiger partial charge in [-0.1, -0.05) is 49.2 Å². The van der Waals surface area contributed by atoms with E-state index >= 15 is 0 Å². The summed E-state index contributed by atoms with van der Waals surface area (Å²) >= 11 is 0. The summed E-state index contributed by atoms with van der Waals surface area (Å²) in [6, 6.07) is 9.22. The fraction of sp³-hybridized carbons (Fsp3) is 0.545. The van der Waals surface area contributed by atoms with Crippen LogP contribution in [0.25, 0.3) is 0 Å². The normalized spacial score (nSPS) is 17.5. The highest BCUT2D eigenvalue weighted by Gasteiger charge is 2.35. The van der Waals surface area contributed by atoms with Crippen molar-refractivity contribution in [3.63, 3.8) is 0 Å². The van der Waals surface area contributed by atoms with Gasteiger partial charge in [0.15, 0.2) is 0 Å². The van der Waals surface area contributed by atoms with Crippen molar-refractivity contribution < 1.29 is 19.8 Å². The summed E-state index contributed by atoms with van der Waals surface area (Å²) in [6.45, 7) is 3.43. The van der Waals surface area contributed by atoms with Crippen LogP contribution in [-0.2, 0) is 16.0 Å². The zero-order valence-electron chi connectivity index (χ0n) is 16.4. The van der Waals surface area contributed by atoms with E-state index in [-0.39, 0.29) is 31.4 Å². The number of nitrogens with one attached hydrogen (secondary N) is 2. The summed E-state index contributed by atoms with van der Waals surface area (Å²) < 4.78 is 0. The molecule has 1 aromatic carbocycles. The Bertz CT molecular complexity index is 641. The number of carbonyl (C=O) groups is 2. The van der Waals surface area contributed by atoms with Crippen LogP contribution in [0.1, 0.15) is 44.1 Å². The van der Waals surface area contributed by atoms with Crippen LogP contribution in [0, 0.1) is 5.92 Å². The summed E-state index contributed by atoms with van der Waals surface area (Å²) in [5.41, 5.74) is 0.471. The maximum absolute atomic E-state index is 12.7. The Morgan fingerprint density at radius 2 is 1.86 bits per heavy atom. The van der Waals surface area contributed by atoms with Gasteiger partial charge in [-0.15, -0.1) is 6.58 Å². The number of carbonyl (C=O) groups excluding carboxylic acids is 2. The van der Waals surface area contributed by atoms with Crippen molar-refractivity contribution in [2.45, 2.75) is 56.5 Å². The third kappa shape index (κ3) is 6.46. The van der Waals surface area contributed by atoms with Gasteiger partial charge in [0.05, 0.1) is 30.7 Å². The molecule has 2 rings (SSSR count). The standard InChI is InChI=1S/C22H32N2O4/c1-2-8-18(14-20(27)24-22(16-26)11-6-7-12-22)21(28)23-19(15-25)13-17-9-4-3-5-10-17/h2-5,9-10,18-19,25-26H,1,6-8,11-16H2,(H,23,28)(H,24,27)/t18-,19+/m1/s1. The Kier molecular flexibility index (Phi) is 8.67. The van der Waals surface area contributed by atoms with Crippen LogP contribution in [-0.4, -0.2) is 46.8 Å². The summed E-state index contributed by atoms with van der Waals surface area (Å²) in [5.74, 6) is -1.06. The van der Waals surface area contributed by atoms with E-state index in [1.165, 1.54) is 0 Å². The molecule has 1 aromatic rings. The quantitative estimate of drug-likeness (QED) is 0.434. The van der Waals surface area contributed by atoms with Crippen LogP contribution in [0.5, 0.6) is 0 Å². The molecule has 1 aliphatic carbocycles. The van der Waals surface area contributed by atoms with Crippen molar-refractivity contribution in [2.24, 2.45) is 5.92 Å².